The van der Waals surface area contributed by atoms with Gasteiger partial charge in [0.05, 0.1) is 0 Å². The van der Waals surface area contributed by atoms with Crippen LogP contribution in [0.15, 0.2) is 47.2 Å². The average Bonchev–Trinajstić information content (AvgIpc) is 2.93. The van der Waals surface area contributed by atoms with Crippen molar-refractivity contribution in [1.82, 2.24) is 0 Å². The molecule has 1 heterocycles. The van der Waals surface area contributed by atoms with Gasteiger partial charge in [-0.1, -0.05) is 30.3 Å². The maximum Gasteiger partial charge on any atom is 0.0468 e. The molecule has 0 radical (unpaired) electrons. The van der Waals surface area contributed by atoms with E-state index in [2.05, 4.69) is 52.5 Å². The summed E-state index contributed by atoms with van der Waals surface area (Å²) in [7, 11) is 1.76. The molecule has 1 aromatic carbocycles. The number of hydrogen-bond donors (Lipinski definition) is 1. The Balaban J connectivity index is 1.96. The summed E-state index contributed by atoms with van der Waals surface area (Å²) < 4.78 is 5.21. The maximum atomic E-state index is 5.21. The third-order valence-corrected chi connectivity index (χ3v) is 3.70. The first-order valence-corrected chi connectivity index (χ1v) is 7.14. The summed E-state index contributed by atoms with van der Waals surface area (Å²) in [6.45, 7) is 1.75. The average molecular weight is 261 g/mol. The van der Waals surface area contributed by atoms with Gasteiger partial charge < -0.3 is 10.1 Å². The summed E-state index contributed by atoms with van der Waals surface area (Å²) in [5.74, 6) is 0.492. The molecule has 1 aromatic heterocycles. The van der Waals surface area contributed by atoms with Crippen molar-refractivity contribution in [3.8, 4) is 0 Å². The van der Waals surface area contributed by atoms with Crippen LogP contribution in [0.4, 0.5) is 5.69 Å². The standard InChI is InChI=1S/C15H19NOS/c1-17-9-7-14(13-5-3-2-4-6-13)11-16-15-8-10-18-12-15/h2-6,8,10,12,14,16H,7,9,11H2,1H3. The number of rotatable bonds is 7. The summed E-state index contributed by atoms with van der Waals surface area (Å²) in [4.78, 5) is 0. The van der Waals surface area contributed by atoms with E-state index in [1.54, 1.807) is 18.4 Å². The van der Waals surface area contributed by atoms with Crippen molar-refractivity contribution in [2.75, 3.05) is 25.6 Å². The first-order chi connectivity index (χ1) is 8.90. The summed E-state index contributed by atoms with van der Waals surface area (Å²) in [5, 5.41) is 7.72. The normalized spacial score (nSPS) is 12.3. The van der Waals surface area contributed by atoms with Gasteiger partial charge in [0, 0.05) is 37.2 Å². The van der Waals surface area contributed by atoms with Gasteiger partial charge in [-0.25, -0.2) is 0 Å². The summed E-state index contributed by atoms with van der Waals surface area (Å²) >= 11 is 1.72. The van der Waals surface area contributed by atoms with Crippen molar-refractivity contribution in [1.29, 1.82) is 0 Å². The number of thiophene rings is 1. The third kappa shape index (κ3) is 3.86. The molecule has 18 heavy (non-hydrogen) atoms. The van der Waals surface area contributed by atoms with Crippen molar-refractivity contribution in [2.45, 2.75) is 12.3 Å². The second kappa shape index (κ2) is 7.19. The van der Waals surface area contributed by atoms with Gasteiger partial charge in [-0.15, -0.1) is 0 Å². The highest BCUT2D eigenvalue weighted by Crippen LogP contribution is 2.21. The van der Waals surface area contributed by atoms with E-state index in [9.17, 15) is 0 Å². The van der Waals surface area contributed by atoms with Crippen molar-refractivity contribution >= 4 is 17.0 Å². The lowest BCUT2D eigenvalue weighted by Gasteiger charge is -2.18. The highest BCUT2D eigenvalue weighted by Gasteiger charge is 2.10. The van der Waals surface area contributed by atoms with Crippen LogP contribution in [0.5, 0.6) is 0 Å². The molecular formula is C15H19NOS. The molecule has 2 nitrogen and oxygen atoms in total. The van der Waals surface area contributed by atoms with E-state index in [0.29, 0.717) is 5.92 Å². The minimum atomic E-state index is 0.492. The fourth-order valence-corrected chi connectivity index (χ4v) is 2.59. The van der Waals surface area contributed by atoms with Crippen LogP contribution >= 0.6 is 11.3 Å². The van der Waals surface area contributed by atoms with E-state index < -0.39 is 0 Å². The second-order valence-electron chi connectivity index (χ2n) is 4.28. The van der Waals surface area contributed by atoms with Crippen molar-refractivity contribution in [3.63, 3.8) is 0 Å². The molecule has 0 spiro atoms. The van der Waals surface area contributed by atoms with Gasteiger partial charge in [0.25, 0.3) is 0 Å². The van der Waals surface area contributed by atoms with Crippen LogP contribution in [-0.4, -0.2) is 20.3 Å². The fraction of sp³-hybridized carbons (Fsp3) is 0.333. The second-order valence-corrected chi connectivity index (χ2v) is 5.06. The summed E-state index contributed by atoms with van der Waals surface area (Å²) in [5.41, 5.74) is 2.58. The Bertz CT molecular complexity index is 427. The zero-order chi connectivity index (χ0) is 12.6. The Kier molecular flexibility index (Phi) is 5.24. The highest BCUT2D eigenvalue weighted by atomic mass is 32.1. The lowest BCUT2D eigenvalue weighted by Crippen LogP contribution is -2.14. The summed E-state index contributed by atoms with van der Waals surface area (Å²) in [6.07, 6.45) is 1.04. The van der Waals surface area contributed by atoms with Crippen LogP contribution in [-0.2, 0) is 4.74 Å². The van der Waals surface area contributed by atoms with Gasteiger partial charge in [0.2, 0.25) is 0 Å². The summed E-state index contributed by atoms with van der Waals surface area (Å²) in [6, 6.07) is 12.7. The van der Waals surface area contributed by atoms with Gasteiger partial charge in [0.1, 0.15) is 0 Å². The molecule has 0 aliphatic carbocycles. The molecule has 0 amide bonds. The third-order valence-electron chi connectivity index (χ3n) is 3.02. The van der Waals surface area contributed by atoms with E-state index in [0.717, 1.165) is 19.6 Å². The minimum Gasteiger partial charge on any atom is -0.385 e. The number of hydrogen-bond acceptors (Lipinski definition) is 3. The maximum absolute atomic E-state index is 5.21. The molecule has 3 heteroatoms. The zero-order valence-corrected chi connectivity index (χ0v) is 11.5. The van der Waals surface area contributed by atoms with Crippen molar-refractivity contribution in [2.24, 2.45) is 0 Å². The quantitative estimate of drug-likeness (QED) is 0.814. The van der Waals surface area contributed by atoms with Crippen LogP contribution in [0.1, 0.15) is 17.9 Å². The molecule has 0 aliphatic rings. The molecule has 96 valence electrons. The largest absolute Gasteiger partial charge is 0.385 e. The SMILES string of the molecule is COCCC(CNc1ccsc1)c1ccccc1. The lowest BCUT2D eigenvalue weighted by atomic mass is 9.96. The number of methoxy groups -OCH3 is 1. The number of anilines is 1. The number of benzene rings is 1. The van der Waals surface area contributed by atoms with Gasteiger partial charge >= 0.3 is 0 Å². The van der Waals surface area contributed by atoms with Crippen LogP contribution in [0.2, 0.25) is 0 Å². The molecule has 2 aromatic rings. The van der Waals surface area contributed by atoms with Crippen LogP contribution in [0.25, 0.3) is 0 Å². The molecule has 0 fully saturated rings. The minimum absolute atomic E-state index is 0.492. The first-order valence-electron chi connectivity index (χ1n) is 6.20. The lowest BCUT2D eigenvalue weighted by molar-refractivity contribution is 0.188. The zero-order valence-electron chi connectivity index (χ0n) is 10.6. The monoisotopic (exact) mass is 261 g/mol. The molecular weight excluding hydrogens is 242 g/mol. The van der Waals surface area contributed by atoms with E-state index in [-0.39, 0.29) is 0 Å². The van der Waals surface area contributed by atoms with Crippen LogP contribution < -0.4 is 5.32 Å². The predicted molar refractivity (Wildman–Crippen MR) is 78.5 cm³/mol. The van der Waals surface area contributed by atoms with Gasteiger partial charge in [0.15, 0.2) is 0 Å². The van der Waals surface area contributed by atoms with E-state index in [1.165, 1.54) is 11.3 Å². The Morgan fingerprint density at radius 1 is 1.22 bits per heavy atom. The molecule has 0 bridgehead atoms. The van der Waals surface area contributed by atoms with Crippen LogP contribution in [0.3, 0.4) is 0 Å². The van der Waals surface area contributed by atoms with E-state index in [1.807, 2.05) is 0 Å². The van der Waals surface area contributed by atoms with Gasteiger partial charge in [-0.3, -0.25) is 0 Å². The van der Waals surface area contributed by atoms with Gasteiger partial charge in [-0.05, 0) is 23.4 Å². The van der Waals surface area contributed by atoms with E-state index >= 15 is 0 Å². The predicted octanol–water partition coefficient (Wildman–Crippen LogP) is 3.98. The Hall–Kier alpha value is -1.32. The van der Waals surface area contributed by atoms with Crippen molar-refractivity contribution in [3.05, 3.63) is 52.7 Å². The Labute approximate surface area is 113 Å². The molecule has 1 N–H and O–H groups in total. The highest BCUT2D eigenvalue weighted by molar-refractivity contribution is 7.08. The van der Waals surface area contributed by atoms with E-state index in [4.69, 9.17) is 4.74 Å². The topological polar surface area (TPSA) is 21.3 Å². The molecule has 1 unspecified atom stereocenters. The molecule has 0 aliphatic heterocycles. The molecule has 1 atom stereocenters. The fourth-order valence-electron chi connectivity index (χ4n) is 1.98. The Morgan fingerprint density at radius 3 is 2.72 bits per heavy atom. The smallest absolute Gasteiger partial charge is 0.0468 e. The number of nitrogens with one attached hydrogen (secondary N) is 1. The molecule has 0 saturated heterocycles. The number of ether oxygens (including phenoxy) is 1. The van der Waals surface area contributed by atoms with Gasteiger partial charge in [-0.2, -0.15) is 11.3 Å². The molecule has 0 saturated carbocycles. The van der Waals surface area contributed by atoms with Crippen molar-refractivity contribution < 1.29 is 4.74 Å². The van der Waals surface area contributed by atoms with Crippen LogP contribution in [0, 0.1) is 0 Å². The Morgan fingerprint density at radius 2 is 2.06 bits per heavy atom. The first kappa shape index (κ1) is 13.1. The molecule has 2 rings (SSSR count).